The van der Waals surface area contributed by atoms with E-state index in [2.05, 4.69) is 50.5 Å². The Bertz CT molecular complexity index is 1590. The minimum absolute atomic E-state index is 0.0286. The number of nitrogens with zero attached hydrogens (tertiary/aromatic N) is 3. The number of benzene rings is 3. The van der Waals surface area contributed by atoms with E-state index in [1.165, 1.54) is 11.1 Å². The van der Waals surface area contributed by atoms with Crippen LogP contribution >= 0.6 is 0 Å². The molecule has 4 N–H and O–H groups in total. The van der Waals surface area contributed by atoms with Crippen molar-refractivity contribution in [3.63, 3.8) is 0 Å². The molecule has 9 nitrogen and oxygen atoms in total. The molecule has 9 heteroatoms. The first-order valence-corrected chi connectivity index (χ1v) is 13.1. The number of anilines is 1. The van der Waals surface area contributed by atoms with Gasteiger partial charge >= 0.3 is 0 Å². The van der Waals surface area contributed by atoms with Crippen molar-refractivity contribution in [2.24, 2.45) is 5.73 Å². The molecule has 0 saturated heterocycles. The first kappa shape index (κ1) is 26.7. The maximum absolute atomic E-state index is 12.0. The SMILES string of the molecule is CN1C(=O)CCOc2ccc(C#Cc3ccc4c(c3)CNCC4)cc21.NC(=O)c1n[nH]c(Cc2ccccc2)n1. The number of hydrogen-bond acceptors (Lipinski definition) is 6. The van der Waals surface area contributed by atoms with Crippen molar-refractivity contribution < 1.29 is 14.3 Å². The third-order valence-corrected chi connectivity index (χ3v) is 6.68. The van der Waals surface area contributed by atoms with Crippen molar-refractivity contribution in [2.75, 3.05) is 25.1 Å². The minimum Gasteiger partial charge on any atom is -0.491 e. The van der Waals surface area contributed by atoms with E-state index >= 15 is 0 Å². The Kier molecular flexibility index (Phi) is 8.18. The number of fused-ring (bicyclic) bond motifs is 2. The highest BCUT2D eigenvalue weighted by Gasteiger charge is 2.20. The highest BCUT2D eigenvalue weighted by Crippen LogP contribution is 2.31. The maximum Gasteiger partial charge on any atom is 0.288 e. The number of H-pyrrole nitrogens is 1. The van der Waals surface area contributed by atoms with Gasteiger partial charge in [-0.2, -0.15) is 0 Å². The van der Waals surface area contributed by atoms with Gasteiger partial charge in [0.1, 0.15) is 11.6 Å². The number of hydrogen-bond donors (Lipinski definition) is 3. The summed E-state index contributed by atoms with van der Waals surface area (Å²) in [6.45, 7) is 2.37. The highest BCUT2D eigenvalue weighted by atomic mass is 16.5. The quantitative estimate of drug-likeness (QED) is 0.347. The zero-order chi connectivity index (χ0) is 27.9. The summed E-state index contributed by atoms with van der Waals surface area (Å²) in [6.07, 6.45) is 2.09. The summed E-state index contributed by atoms with van der Waals surface area (Å²) in [5.74, 6) is 7.29. The Hall–Kier alpha value is -4.94. The monoisotopic (exact) mass is 534 g/mol. The second-order valence-corrected chi connectivity index (χ2v) is 9.53. The van der Waals surface area contributed by atoms with Crippen LogP contribution in [0.2, 0.25) is 0 Å². The van der Waals surface area contributed by atoms with Gasteiger partial charge in [0.25, 0.3) is 5.91 Å². The molecule has 202 valence electrons. The number of carbonyl (C=O) groups excluding carboxylic acids is 2. The smallest absolute Gasteiger partial charge is 0.288 e. The number of ether oxygens (including phenoxy) is 1. The predicted octanol–water partition coefficient (Wildman–Crippen LogP) is 2.97. The van der Waals surface area contributed by atoms with Crippen molar-refractivity contribution in [3.8, 4) is 17.6 Å². The third-order valence-electron chi connectivity index (χ3n) is 6.68. The topological polar surface area (TPSA) is 126 Å². The maximum atomic E-state index is 12.0. The van der Waals surface area contributed by atoms with Crippen LogP contribution in [-0.2, 0) is 24.2 Å². The van der Waals surface area contributed by atoms with Crippen LogP contribution in [0.15, 0.2) is 66.7 Å². The molecule has 0 saturated carbocycles. The average Bonchev–Trinajstić information content (AvgIpc) is 3.40. The first-order chi connectivity index (χ1) is 19.5. The van der Waals surface area contributed by atoms with E-state index in [-0.39, 0.29) is 11.7 Å². The molecule has 1 aromatic heterocycles. The highest BCUT2D eigenvalue weighted by molar-refractivity contribution is 5.95. The fourth-order valence-corrected chi connectivity index (χ4v) is 4.51. The summed E-state index contributed by atoms with van der Waals surface area (Å²) in [5, 5.41) is 9.77. The molecule has 40 heavy (non-hydrogen) atoms. The van der Waals surface area contributed by atoms with Gasteiger partial charge < -0.3 is 20.7 Å². The lowest BCUT2D eigenvalue weighted by Gasteiger charge is -2.17. The lowest BCUT2D eigenvalue weighted by molar-refractivity contribution is -0.118. The molecule has 3 aromatic carbocycles. The molecule has 0 aliphatic carbocycles. The Morgan fingerprint density at radius 2 is 1.80 bits per heavy atom. The van der Waals surface area contributed by atoms with Gasteiger partial charge in [-0.3, -0.25) is 14.7 Å². The fraction of sp³-hybridized carbons (Fsp3) is 0.226. The van der Waals surface area contributed by atoms with E-state index < -0.39 is 5.91 Å². The van der Waals surface area contributed by atoms with E-state index in [1.54, 1.807) is 11.9 Å². The van der Waals surface area contributed by atoms with Gasteiger partial charge in [-0.25, -0.2) is 4.98 Å². The van der Waals surface area contributed by atoms with Crippen LogP contribution in [-0.4, -0.2) is 47.2 Å². The Labute approximate surface area is 232 Å². The lowest BCUT2D eigenvalue weighted by Crippen LogP contribution is -2.25. The van der Waals surface area contributed by atoms with Crippen LogP contribution in [0.4, 0.5) is 5.69 Å². The van der Waals surface area contributed by atoms with Crippen molar-refractivity contribution in [3.05, 3.63) is 106 Å². The van der Waals surface area contributed by atoms with Gasteiger partial charge in [0.05, 0.1) is 18.7 Å². The number of aromatic amines is 1. The molecular formula is C31H30N6O3. The summed E-state index contributed by atoms with van der Waals surface area (Å²) in [5.41, 5.74) is 11.5. The molecule has 2 aliphatic rings. The van der Waals surface area contributed by atoms with Crippen LogP contribution in [0.5, 0.6) is 5.75 Å². The minimum atomic E-state index is -0.620. The molecule has 0 bridgehead atoms. The molecule has 2 aliphatic heterocycles. The molecule has 0 fully saturated rings. The standard InChI is InChI=1S/C21H20N2O2.C10H10N4O/c1-23-19-13-16(5-7-20(19)25-11-9-21(23)24)3-2-15-4-6-17-8-10-22-14-18(17)12-15;11-9(15)10-12-8(13-14-10)6-7-4-2-1-3-5-7/h4-7,12-13,22H,8-11,14H2,1H3;1-5H,6H2,(H2,11,15)(H,12,13,14). The van der Waals surface area contributed by atoms with E-state index in [0.29, 0.717) is 25.3 Å². The number of nitrogens with one attached hydrogen (secondary N) is 2. The molecule has 0 spiro atoms. The number of carbonyl (C=O) groups is 2. The zero-order valence-corrected chi connectivity index (χ0v) is 22.2. The zero-order valence-electron chi connectivity index (χ0n) is 22.2. The predicted molar refractivity (Wildman–Crippen MR) is 152 cm³/mol. The Morgan fingerprint density at radius 3 is 2.58 bits per heavy atom. The molecule has 3 heterocycles. The molecule has 0 radical (unpaired) electrons. The molecule has 2 amide bonds. The van der Waals surface area contributed by atoms with Crippen LogP contribution in [0, 0.1) is 11.8 Å². The van der Waals surface area contributed by atoms with Gasteiger partial charge in [-0.15, -0.1) is 5.10 Å². The van der Waals surface area contributed by atoms with E-state index in [0.717, 1.165) is 47.6 Å². The number of rotatable bonds is 3. The third kappa shape index (κ3) is 6.54. The summed E-state index contributed by atoms with van der Waals surface area (Å²) in [7, 11) is 1.78. The van der Waals surface area contributed by atoms with Gasteiger partial charge in [-0.1, -0.05) is 48.2 Å². The van der Waals surface area contributed by atoms with Crippen molar-refractivity contribution in [2.45, 2.75) is 25.8 Å². The summed E-state index contributed by atoms with van der Waals surface area (Å²) in [6, 6.07) is 22.0. The second kappa shape index (κ2) is 12.3. The Balaban J connectivity index is 0.000000184. The normalized spacial score (nSPS) is 13.8. The number of nitrogens with two attached hydrogens (primary N) is 1. The Morgan fingerprint density at radius 1 is 1.02 bits per heavy atom. The number of amides is 2. The number of primary amides is 1. The average molecular weight is 535 g/mol. The molecular weight excluding hydrogens is 504 g/mol. The first-order valence-electron chi connectivity index (χ1n) is 13.1. The summed E-state index contributed by atoms with van der Waals surface area (Å²) in [4.78, 5) is 28.4. The van der Waals surface area contributed by atoms with Gasteiger partial charge in [0, 0.05) is 31.1 Å². The second-order valence-electron chi connectivity index (χ2n) is 9.53. The van der Waals surface area contributed by atoms with Gasteiger partial charge in [0.15, 0.2) is 0 Å². The lowest BCUT2D eigenvalue weighted by atomic mass is 9.98. The van der Waals surface area contributed by atoms with E-state index in [1.807, 2.05) is 48.5 Å². The fourth-order valence-electron chi connectivity index (χ4n) is 4.51. The molecule has 6 rings (SSSR count). The molecule has 0 unspecified atom stereocenters. The summed E-state index contributed by atoms with van der Waals surface area (Å²) >= 11 is 0. The van der Waals surface area contributed by atoms with Crippen LogP contribution < -0.4 is 20.7 Å². The van der Waals surface area contributed by atoms with Crippen molar-refractivity contribution >= 4 is 17.5 Å². The molecule has 0 atom stereocenters. The van der Waals surface area contributed by atoms with E-state index in [9.17, 15) is 9.59 Å². The van der Waals surface area contributed by atoms with Gasteiger partial charge in [-0.05, 0) is 60.0 Å². The van der Waals surface area contributed by atoms with Crippen molar-refractivity contribution in [1.82, 2.24) is 20.5 Å². The van der Waals surface area contributed by atoms with Gasteiger partial charge in [0.2, 0.25) is 11.7 Å². The summed E-state index contributed by atoms with van der Waals surface area (Å²) < 4.78 is 5.65. The van der Waals surface area contributed by atoms with Crippen LogP contribution in [0.25, 0.3) is 0 Å². The largest absolute Gasteiger partial charge is 0.491 e. The van der Waals surface area contributed by atoms with E-state index in [4.69, 9.17) is 10.5 Å². The number of aromatic nitrogens is 3. The van der Waals surface area contributed by atoms with Crippen LogP contribution in [0.1, 0.15) is 50.7 Å². The van der Waals surface area contributed by atoms with Crippen molar-refractivity contribution in [1.29, 1.82) is 0 Å². The molecule has 4 aromatic rings. The van der Waals surface area contributed by atoms with Crippen LogP contribution in [0.3, 0.4) is 0 Å².